The third kappa shape index (κ3) is 3.49. The van der Waals surface area contributed by atoms with Crippen LogP contribution in [0.2, 0.25) is 0 Å². The molecule has 2 aliphatic rings. The number of piperidine rings is 1. The molecule has 0 spiro atoms. The summed E-state index contributed by atoms with van der Waals surface area (Å²) in [5.41, 5.74) is 1.14. The zero-order valence-electron chi connectivity index (χ0n) is 12.6. The number of ether oxygens (including phenoxy) is 2. The second kappa shape index (κ2) is 6.37. The van der Waals surface area contributed by atoms with Crippen molar-refractivity contribution in [3.05, 3.63) is 23.8 Å². The molecular weight excluding hydrogens is 266 g/mol. The number of likely N-dealkylation sites (tertiary alicyclic amines) is 1. The third-order valence-corrected chi connectivity index (χ3v) is 4.37. The van der Waals surface area contributed by atoms with Crippen LogP contribution in [0, 0.1) is 5.92 Å². The van der Waals surface area contributed by atoms with Crippen LogP contribution in [0.3, 0.4) is 0 Å². The third-order valence-electron chi connectivity index (χ3n) is 4.37. The molecule has 0 aromatic heterocycles. The first-order valence-electron chi connectivity index (χ1n) is 7.88. The molecule has 1 aromatic carbocycles. The van der Waals surface area contributed by atoms with E-state index in [1.54, 1.807) is 0 Å². The standard InChI is InChI=1S/C17H23NO3/c1-13-6-8-18(9-7-13)17(19)5-3-14-2-4-15-16(12-14)21-11-10-20-15/h2,4,12-13H,3,5-11H2,1H3. The van der Waals surface area contributed by atoms with Crippen molar-refractivity contribution in [1.29, 1.82) is 0 Å². The number of nitrogens with zero attached hydrogens (tertiary/aromatic N) is 1. The Morgan fingerprint density at radius 1 is 1.19 bits per heavy atom. The Morgan fingerprint density at radius 2 is 1.90 bits per heavy atom. The Labute approximate surface area is 126 Å². The molecule has 0 aliphatic carbocycles. The van der Waals surface area contributed by atoms with E-state index >= 15 is 0 Å². The lowest BCUT2D eigenvalue weighted by Gasteiger charge is -2.30. The van der Waals surface area contributed by atoms with Crippen molar-refractivity contribution in [3.63, 3.8) is 0 Å². The number of hydrogen-bond acceptors (Lipinski definition) is 3. The largest absolute Gasteiger partial charge is 0.486 e. The molecule has 2 heterocycles. The summed E-state index contributed by atoms with van der Waals surface area (Å²) in [5.74, 6) is 2.64. The van der Waals surface area contributed by atoms with E-state index in [9.17, 15) is 4.79 Å². The van der Waals surface area contributed by atoms with Gasteiger partial charge in [-0.15, -0.1) is 0 Å². The number of amides is 1. The minimum atomic E-state index is 0.275. The lowest BCUT2D eigenvalue weighted by atomic mass is 9.98. The van der Waals surface area contributed by atoms with E-state index in [0.29, 0.717) is 19.6 Å². The van der Waals surface area contributed by atoms with Gasteiger partial charge in [-0.25, -0.2) is 0 Å². The van der Waals surface area contributed by atoms with E-state index in [-0.39, 0.29) is 5.91 Å². The first-order chi connectivity index (χ1) is 10.2. The maximum atomic E-state index is 12.2. The fourth-order valence-electron chi connectivity index (χ4n) is 2.91. The van der Waals surface area contributed by atoms with Crippen LogP contribution in [0.5, 0.6) is 11.5 Å². The minimum absolute atomic E-state index is 0.275. The Kier molecular flexibility index (Phi) is 4.32. The van der Waals surface area contributed by atoms with E-state index in [0.717, 1.165) is 55.3 Å². The van der Waals surface area contributed by atoms with Gasteiger partial charge in [0.1, 0.15) is 13.2 Å². The first-order valence-corrected chi connectivity index (χ1v) is 7.88. The molecule has 114 valence electrons. The second-order valence-electron chi connectivity index (χ2n) is 6.04. The topological polar surface area (TPSA) is 38.8 Å². The molecule has 1 aromatic rings. The van der Waals surface area contributed by atoms with Crippen molar-refractivity contribution in [1.82, 2.24) is 4.90 Å². The molecule has 0 bridgehead atoms. The lowest BCUT2D eigenvalue weighted by molar-refractivity contribution is -0.132. The summed E-state index contributed by atoms with van der Waals surface area (Å²) in [7, 11) is 0. The van der Waals surface area contributed by atoms with Gasteiger partial charge in [0.2, 0.25) is 5.91 Å². The van der Waals surface area contributed by atoms with Crippen LogP contribution in [-0.4, -0.2) is 37.1 Å². The number of carbonyl (C=O) groups is 1. The van der Waals surface area contributed by atoms with E-state index < -0.39 is 0 Å². The molecule has 0 atom stereocenters. The molecule has 2 aliphatic heterocycles. The molecule has 0 radical (unpaired) electrons. The van der Waals surface area contributed by atoms with Crippen LogP contribution in [0.25, 0.3) is 0 Å². The number of fused-ring (bicyclic) bond motifs is 1. The Morgan fingerprint density at radius 3 is 2.67 bits per heavy atom. The van der Waals surface area contributed by atoms with E-state index in [1.165, 1.54) is 0 Å². The van der Waals surface area contributed by atoms with Crippen molar-refractivity contribution < 1.29 is 14.3 Å². The van der Waals surface area contributed by atoms with Gasteiger partial charge in [-0.2, -0.15) is 0 Å². The van der Waals surface area contributed by atoms with Gasteiger partial charge >= 0.3 is 0 Å². The highest BCUT2D eigenvalue weighted by molar-refractivity contribution is 5.76. The van der Waals surface area contributed by atoms with Crippen LogP contribution >= 0.6 is 0 Å². The maximum Gasteiger partial charge on any atom is 0.222 e. The zero-order chi connectivity index (χ0) is 14.7. The van der Waals surface area contributed by atoms with Gasteiger partial charge in [0.05, 0.1) is 0 Å². The van der Waals surface area contributed by atoms with Gasteiger partial charge in [0.25, 0.3) is 0 Å². The first kappa shape index (κ1) is 14.2. The quantitative estimate of drug-likeness (QED) is 0.858. The van der Waals surface area contributed by atoms with E-state index in [4.69, 9.17) is 9.47 Å². The van der Waals surface area contributed by atoms with Crippen molar-refractivity contribution in [2.75, 3.05) is 26.3 Å². The fraction of sp³-hybridized carbons (Fsp3) is 0.588. The summed E-state index contributed by atoms with van der Waals surface area (Å²) < 4.78 is 11.1. The van der Waals surface area contributed by atoms with Crippen LogP contribution in [-0.2, 0) is 11.2 Å². The average Bonchev–Trinajstić information content (AvgIpc) is 2.53. The summed E-state index contributed by atoms with van der Waals surface area (Å²) in [4.78, 5) is 14.2. The molecule has 1 saturated heterocycles. The van der Waals surface area contributed by atoms with Crippen molar-refractivity contribution in [2.24, 2.45) is 5.92 Å². The number of rotatable bonds is 3. The Bertz CT molecular complexity index is 507. The van der Waals surface area contributed by atoms with Crippen molar-refractivity contribution in [2.45, 2.75) is 32.6 Å². The molecule has 4 nitrogen and oxygen atoms in total. The zero-order valence-corrected chi connectivity index (χ0v) is 12.6. The molecule has 0 unspecified atom stereocenters. The SMILES string of the molecule is CC1CCN(C(=O)CCc2ccc3c(c2)OCCO3)CC1. The smallest absolute Gasteiger partial charge is 0.222 e. The molecule has 0 N–H and O–H groups in total. The van der Waals surface area contributed by atoms with Crippen LogP contribution in [0.15, 0.2) is 18.2 Å². The lowest BCUT2D eigenvalue weighted by Crippen LogP contribution is -2.37. The van der Waals surface area contributed by atoms with Crippen LogP contribution in [0.1, 0.15) is 31.7 Å². The predicted octanol–water partition coefficient (Wildman–Crippen LogP) is 2.65. The molecule has 1 fully saturated rings. The highest BCUT2D eigenvalue weighted by Crippen LogP contribution is 2.31. The summed E-state index contributed by atoms with van der Waals surface area (Å²) in [5, 5.41) is 0. The molecule has 21 heavy (non-hydrogen) atoms. The second-order valence-corrected chi connectivity index (χ2v) is 6.04. The summed E-state index contributed by atoms with van der Waals surface area (Å²) in [6, 6.07) is 5.97. The number of aryl methyl sites for hydroxylation is 1. The Hall–Kier alpha value is -1.71. The van der Waals surface area contributed by atoms with Crippen LogP contribution < -0.4 is 9.47 Å². The highest BCUT2D eigenvalue weighted by atomic mass is 16.6. The maximum absolute atomic E-state index is 12.2. The van der Waals surface area contributed by atoms with Gasteiger partial charge < -0.3 is 14.4 Å². The summed E-state index contributed by atoms with van der Waals surface area (Å²) in [6.07, 6.45) is 3.61. The number of carbonyl (C=O) groups excluding carboxylic acids is 1. The summed E-state index contributed by atoms with van der Waals surface area (Å²) >= 11 is 0. The van der Waals surface area contributed by atoms with Gasteiger partial charge in [-0.05, 0) is 42.9 Å². The minimum Gasteiger partial charge on any atom is -0.486 e. The average molecular weight is 289 g/mol. The Balaban J connectivity index is 1.54. The summed E-state index contributed by atoms with van der Waals surface area (Å²) in [6.45, 7) is 5.30. The van der Waals surface area contributed by atoms with E-state index in [2.05, 4.69) is 6.92 Å². The number of benzene rings is 1. The predicted molar refractivity (Wildman–Crippen MR) is 80.7 cm³/mol. The van der Waals surface area contributed by atoms with Crippen molar-refractivity contribution >= 4 is 5.91 Å². The van der Waals surface area contributed by atoms with Gasteiger partial charge in [-0.1, -0.05) is 13.0 Å². The van der Waals surface area contributed by atoms with Gasteiger partial charge in [-0.3, -0.25) is 4.79 Å². The molecule has 0 saturated carbocycles. The monoisotopic (exact) mass is 289 g/mol. The number of hydrogen-bond donors (Lipinski definition) is 0. The van der Waals surface area contributed by atoms with Crippen molar-refractivity contribution in [3.8, 4) is 11.5 Å². The van der Waals surface area contributed by atoms with Gasteiger partial charge in [0.15, 0.2) is 11.5 Å². The van der Waals surface area contributed by atoms with E-state index in [1.807, 2.05) is 23.1 Å². The fourth-order valence-corrected chi connectivity index (χ4v) is 2.91. The molecule has 1 amide bonds. The molecule has 3 rings (SSSR count). The molecular formula is C17H23NO3. The van der Waals surface area contributed by atoms with Gasteiger partial charge in [0, 0.05) is 19.5 Å². The normalized spacial score (nSPS) is 18.6. The van der Waals surface area contributed by atoms with Crippen LogP contribution in [0.4, 0.5) is 0 Å². The highest BCUT2D eigenvalue weighted by Gasteiger charge is 2.20. The molecule has 4 heteroatoms.